The Labute approximate surface area is 120 Å². The zero-order valence-electron chi connectivity index (χ0n) is 11.5. The van der Waals surface area contributed by atoms with Crippen LogP contribution in [0.25, 0.3) is 0 Å². The molecule has 0 radical (unpaired) electrons. The first-order valence-electron chi connectivity index (χ1n) is 6.23. The fourth-order valence-corrected chi connectivity index (χ4v) is 1.65. The number of hydrogen-bond acceptors (Lipinski definition) is 3. The van der Waals surface area contributed by atoms with Gasteiger partial charge in [0.2, 0.25) is 0 Å². The summed E-state index contributed by atoms with van der Waals surface area (Å²) < 4.78 is 14.6. The van der Waals surface area contributed by atoms with Crippen LogP contribution in [-0.4, -0.2) is 26.8 Å². The number of aromatic nitrogens is 2. The molecule has 1 aromatic carbocycles. The summed E-state index contributed by atoms with van der Waals surface area (Å²) >= 11 is 0. The number of aliphatic carboxylic acids is 1. The molecule has 0 spiro atoms. The summed E-state index contributed by atoms with van der Waals surface area (Å²) in [4.78, 5) is 22.8. The second-order valence-electron chi connectivity index (χ2n) is 4.64. The molecule has 0 aliphatic carbocycles. The first-order valence-corrected chi connectivity index (χ1v) is 6.23. The molecule has 7 heteroatoms. The van der Waals surface area contributed by atoms with Gasteiger partial charge in [0.05, 0.1) is 11.8 Å². The third kappa shape index (κ3) is 3.25. The molecular weight excluding hydrogens is 277 g/mol. The molecule has 2 aromatic rings. The topological polar surface area (TPSA) is 84.2 Å². The van der Waals surface area contributed by atoms with Crippen LogP contribution < -0.4 is 5.32 Å². The second kappa shape index (κ2) is 5.74. The fraction of sp³-hybridized carbons (Fsp3) is 0.214. The highest BCUT2D eigenvalue weighted by Gasteiger charge is 2.16. The zero-order valence-corrected chi connectivity index (χ0v) is 11.5. The minimum Gasteiger partial charge on any atom is -0.480 e. The Hall–Kier alpha value is -2.70. The third-order valence-corrected chi connectivity index (χ3v) is 3.05. The molecule has 0 fully saturated rings. The van der Waals surface area contributed by atoms with Crippen LogP contribution in [0.2, 0.25) is 0 Å². The van der Waals surface area contributed by atoms with Gasteiger partial charge in [0.25, 0.3) is 5.91 Å². The van der Waals surface area contributed by atoms with Gasteiger partial charge in [-0.05, 0) is 31.5 Å². The highest BCUT2D eigenvalue weighted by molar-refractivity contribution is 6.03. The van der Waals surface area contributed by atoms with Crippen LogP contribution in [0.5, 0.6) is 0 Å². The fourth-order valence-electron chi connectivity index (χ4n) is 1.65. The lowest BCUT2D eigenvalue weighted by Gasteiger charge is -2.06. The molecule has 2 rings (SSSR count). The van der Waals surface area contributed by atoms with Crippen molar-refractivity contribution in [2.24, 2.45) is 0 Å². The number of amides is 1. The number of carboxylic acid groups (broad SMARTS) is 1. The van der Waals surface area contributed by atoms with E-state index in [1.54, 1.807) is 19.1 Å². The Balaban J connectivity index is 2.13. The van der Waals surface area contributed by atoms with E-state index in [1.165, 1.54) is 30.1 Å². The lowest BCUT2D eigenvalue weighted by molar-refractivity contribution is -0.140. The number of rotatable bonds is 4. The van der Waals surface area contributed by atoms with Gasteiger partial charge >= 0.3 is 5.97 Å². The summed E-state index contributed by atoms with van der Waals surface area (Å²) in [5.74, 6) is -1.95. The van der Waals surface area contributed by atoms with Crippen molar-refractivity contribution in [1.82, 2.24) is 9.78 Å². The van der Waals surface area contributed by atoms with Crippen LogP contribution in [0.3, 0.4) is 0 Å². The Bertz CT molecular complexity index is 697. The number of carboxylic acids is 1. The molecule has 0 saturated carbocycles. The number of aryl methyl sites for hydroxylation is 1. The maximum absolute atomic E-state index is 13.4. The largest absolute Gasteiger partial charge is 0.480 e. The molecule has 110 valence electrons. The second-order valence-corrected chi connectivity index (χ2v) is 4.64. The predicted octanol–water partition coefficient (Wildman–Crippen LogP) is 2.23. The molecule has 1 atom stereocenters. The highest BCUT2D eigenvalue weighted by Crippen LogP contribution is 2.15. The van der Waals surface area contributed by atoms with Crippen molar-refractivity contribution in [2.45, 2.75) is 19.9 Å². The van der Waals surface area contributed by atoms with Crippen molar-refractivity contribution in [1.29, 1.82) is 0 Å². The highest BCUT2D eigenvalue weighted by atomic mass is 19.1. The van der Waals surface area contributed by atoms with Gasteiger partial charge in [0, 0.05) is 11.9 Å². The Morgan fingerprint density at radius 3 is 2.76 bits per heavy atom. The number of hydrogen-bond donors (Lipinski definition) is 2. The summed E-state index contributed by atoms with van der Waals surface area (Å²) in [5.41, 5.74) is 1.00. The van der Waals surface area contributed by atoms with Crippen molar-refractivity contribution in [2.75, 3.05) is 5.32 Å². The van der Waals surface area contributed by atoms with Gasteiger partial charge in [-0.25, -0.2) is 9.18 Å². The minimum absolute atomic E-state index is 0.198. The summed E-state index contributed by atoms with van der Waals surface area (Å²) in [7, 11) is 0. The number of halogens is 1. The predicted molar refractivity (Wildman–Crippen MR) is 73.7 cm³/mol. The van der Waals surface area contributed by atoms with Crippen LogP contribution in [0, 0.1) is 12.7 Å². The first-order chi connectivity index (χ1) is 9.88. The molecule has 1 amide bonds. The number of carbonyl (C=O) groups is 2. The van der Waals surface area contributed by atoms with Crippen LogP contribution in [0.15, 0.2) is 30.6 Å². The van der Waals surface area contributed by atoms with E-state index in [2.05, 4.69) is 10.4 Å². The maximum Gasteiger partial charge on any atom is 0.328 e. The van der Waals surface area contributed by atoms with E-state index in [-0.39, 0.29) is 5.56 Å². The SMILES string of the molecule is Cc1ccc(NC(=O)c2cnn(C(C)C(=O)O)c2)cc1F. The van der Waals surface area contributed by atoms with E-state index in [4.69, 9.17) is 5.11 Å². The molecular formula is C14H14FN3O3. The minimum atomic E-state index is -1.05. The third-order valence-electron chi connectivity index (χ3n) is 3.05. The number of nitrogens with one attached hydrogen (secondary N) is 1. The van der Waals surface area contributed by atoms with Crippen molar-refractivity contribution in [3.8, 4) is 0 Å². The molecule has 0 bridgehead atoms. The summed E-state index contributed by atoms with van der Waals surface area (Å²) in [6.45, 7) is 3.07. The smallest absolute Gasteiger partial charge is 0.328 e. The van der Waals surface area contributed by atoms with E-state index >= 15 is 0 Å². The van der Waals surface area contributed by atoms with E-state index in [0.29, 0.717) is 11.3 Å². The van der Waals surface area contributed by atoms with Gasteiger partial charge in [-0.2, -0.15) is 5.10 Å². The molecule has 0 aliphatic heterocycles. The van der Waals surface area contributed by atoms with Crippen LogP contribution in [-0.2, 0) is 4.79 Å². The van der Waals surface area contributed by atoms with Crippen molar-refractivity contribution < 1.29 is 19.1 Å². The summed E-state index contributed by atoms with van der Waals surface area (Å²) in [6, 6.07) is 3.49. The summed E-state index contributed by atoms with van der Waals surface area (Å²) in [6.07, 6.45) is 2.60. The van der Waals surface area contributed by atoms with Crippen molar-refractivity contribution in [3.05, 3.63) is 47.5 Å². The van der Waals surface area contributed by atoms with Gasteiger partial charge in [-0.15, -0.1) is 0 Å². The quantitative estimate of drug-likeness (QED) is 0.904. The number of anilines is 1. The maximum atomic E-state index is 13.4. The van der Waals surface area contributed by atoms with Gasteiger partial charge < -0.3 is 10.4 Å². The van der Waals surface area contributed by atoms with E-state index in [0.717, 1.165) is 0 Å². The number of nitrogens with zero attached hydrogens (tertiary/aromatic N) is 2. The van der Waals surface area contributed by atoms with E-state index in [9.17, 15) is 14.0 Å². The van der Waals surface area contributed by atoms with Gasteiger partial charge in [-0.3, -0.25) is 9.48 Å². The number of carbonyl (C=O) groups excluding carboxylic acids is 1. The van der Waals surface area contributed by atoms with Gasteiger partial charge in [-0.1, -0.05) is 6.07 Å². The van der Waals surface area contributed by atoms with Crippen LogP contribution >= 0.6 is 0 Å². The zero-order chi connectivity index (χ0) is 15.6. The lowest BCUT2D eigenvalue weighted by Crippen LogP contribution is -2.16. The monoisotopic (exact) mass is 291 g/mol. The van der Waals surface area contributed by atoms with Crippen molar-refractivity contribution in [3.63, 3.8) is 0 Å². The van der Waals surface area contributed by atoms with E-state index in [1.807, 2.05) is 0 Å². The normalized spacial score (nSPS) is 12.0. The Kier molecular flexibility index (Phi) is 4.02. The molecule has 0 saturated heterocycles. The number of benzene rings is 1. The lowest BCUT2D eigenvalue weighted by atomic mass is 10.2. The van der Waals surface area contributed by atoms with Crippen molar-refractivity contribution >= 4 is 17.6 Å². The molecule has 1 unspecified atom stereocenters. The van der Waals surface area contributed by atoms with Crippen LogP contribution in [0.1, 0.15) is 28.9 Å². The molecule has 6 nitrogen and oxygen atoms in total. The molecule has 0 aliphatic rings. The van der Waals surface area contributed by atoms with E-state index < -0.39 is 23.7 Å². The van der Waals surface area contributed by atoms with Gasteiger partial charge in [0.1, 0.15) is 11.9 Å². The van der Waals surface area contributed by atoms with Crippen LogP contribution in [0.4, 0.5) is 10.1 Å². The van der Waals surface area contributed by atoms with Gasteiger partial charge in [0.15, 0.2) is 0 Å². The molecule has 1 aromatic heterocycles. The Morgan fingerprint density at radius 2 is 2.14 bits per heavy atom. The molecule has 2 N–H and O–H groups in total. The average Bonchev–Trinajstić information content (AvgIpc) is 2.91. The summed E-state index contributed by atoms with van der Waals surface area (Å²) in [5, 5.41) is 15.2. The standard InChI is InChI=1S/C14H14FN3O3/c1-8-3-4-11(5-12(8)15)17-13(19)10-6-16-18(7-10)9(2)14(20)21/h3-7,9H,1-2H3,(H,17,19)(H,20,21). The first kappa shape index (κ1) is 14.7. The average molecular weight is 291 g/mol. The Morgan fingerprint density at radius 1 is 1.43 bits per heavy atom. The molecule has 21 heavy (non-hydrogen) atoms. The molecule has 1 heterocycles.